The van der Waals surface area contributed by atoms with Crippen LogP contribution in [0.1, 0.15) is 150 Å². The molecule has 0 radical (unpaired) electrons. The maximum Gasteiger partial charge on any atom is 0.135 e. The van der Waals surface area contributed by atoms with Crippen LogP contribution in [0.2, 0.25) is 0 Å². The molecule has 3 heterocycles. The zero-order valence-corrected chi connectivity index (χ0v) is 49.9. The van der Waals surface area contributed by atoms with Gasteiger partial charge in [0.1, 0.15) is 5.82 Å². The van der Waals surface area contributed by atoms with E-state index in [2.05, 4.69) is 60.6 Å². The standard InChI is InChI=1S/C74H73N4O.Pt/c1-70(2,3)52-32-29-49(30-33-52)48-25-27-50(28-26-48)60-42-54(72(7,8)9)43-61(51-31-36-62-63(41-51)74(12,13)39-38-73(62,10)11)69(60)77-47-76(65-23-16-17-24-66(65)77)55-19-18-20-56(45-55)79-57-34-35-59-58-21-14-15-22-64(58)78(67(59)46-57)68-44-53(37-40-75-68)71(4,5)6;/h14-37,40-44,47H,38-39H2,1-13H3;/q-3;/i14D,15D,21D,22D,25D,27D,28D,29D,30D,31D,32D,33D,36D,41D;. The van der Waals surface area contributed by atoms with E-state index in [1.165, 1.54) is 6.07 Å². The van der Waals surface area contributed by atoms with Gasteiger partial charge in [0.2, 0.25) is 0 Å². The maximum absolute atomic E-state index is 10.4. The first-order chi connectivity index (χ1) is 43.4. The summed E-state index contributed by atoms with van der Waals surface area (Å²) in [5, 5.41) is 0.832. The fraction of sp³-hybridized carbons (Fsp3) is 0.270. The summed E-state index contributed by atoms with van der Waals surface area (Å²) in [6, 6.07) is 28.7. The molecule has 1 aliphatic heterocycles. The number of anilines is 4. The number of rotatable bonds is 8. The summed E-state index contributed by atoms with van der Waals surface area (Å²) in [4.78, 5) is 8.53. The van der Waals surface area contributed by atoms with Crippen LogP contribution in [0.4, 0.5) is 22.7 Å². The van der Waals surface area contributed by atoms with Gasteiger partial charge in [-0.3, -0.25) is 0 Å². The number of aromatic nitrogens is 2. The monoisotopic (exact) mass is 1240 g/mol. The van der Waals surface area contributed by atoms with E-state index in [1.54, 1.807) is 49.7 Å². The Labute approximate surface area is 509 Å². The first-order valence-electron chi connectivity index (χ1n) is 34.1. The largest absolute Gasteiger partial charge is 0.509 e. The maximum atomic E-state index is 10.4. The van der Waals surface area contributed by atoms with Crippen molar-refractivity contribution in [1.29, 1.82) is 0 Å². The molecule has 80 heavy (non-hydrogen) atoms. The molecule has 0 N–H and O–H groups in total. The molecule has 12 rings (SSSR count). The van der Waals surface area contributed by atoms with Crippen LogP contribution in [-0.2, 0) is 48.1 Å². The van der Waals surface area contributed by atoms with Crippen molar-refractivity contribution in [2.45, 2.75) is 130 Å². The van der Waals surface area contributed by atoms with Crippen LogP contribution in [0, 0.1) is 18.8 Å². The molecule has 5 nitrogen and oxygen atoms in total. The number of benzene rings is 8. The molecule has 408 valence electrons. The molecule has 0 atom stereocenters. The summed E-state index contributed by atoms with van der Waals surface area (Å²) in [7, 11) is 0. The van der Waals surface area contributed by atoms with Gasteiger partial charge in [-0.15, -0.1) is 48.1 Å². The summed E-state index contributed by atoms with van der Waals surface area (Å²) < 4.78 is 141. The van der Waals surface area contributed by atoms with E-state index in [9.17, 15) is 11.0 Å². The molecular weight excluding hydrogens is 1160 g/mol. The third-order valence-corrected chi connectivity index (χ3v) is 15.6. The minimum atomic E-state index is -0.763. The second kappa shape index (κ2) is 20.1. The molecule has 10 aromatic rings. The predicted octanol–water partition coefficient (Wildman–Crippen LogP) is 20.2. The second-order valence-corrected chi connectivity index (χ2v) is 25.4. The second-order valence-electron chi connectivity index (χ2n) is 25.4. The van der Waals surface area contributed by atoms with Crippen LogP contribution < -0.4 is 14.5 Å². The van der Waals surface area contributed by atoms with Crippen LogP contribution in [0.25, 0.3) is 61.0 Å². The van der Waals surface area contributed by atoms with Crippen LogP contribution >= 0.6 is 0 Å². The minimum Gasteiger partial charge on any atom is -0.509 e. The molecule has 6 heteroatoms. The van der Waals surface area contributed by atoms with Crippen LogP contribution in [0.15, 0.2) is 176 Å². The van der Waals surface area contributed by atoms with Gasteiger partial charge < -0.3 is 19.1 Å². The Balaban J connectivity index is 0.00000901. The van der Waals surface area contributed by atoms with E-state index >= 15 is 0 Å². The zero-order valence-electron chi connectivity index (χ0n) is 61.7. The van der Waals surface area contributed by atoms with Gasteiger partial charge in [-0.05, 0) is 138 Å². The van der Waals surface area contributed by atoms with E-state index in [4.69, 9.17) is 17.9 Å². The molecule has 8 aromatic carbocycles. The molecule has 0 unspecified atom stereocenters. The van der Waals surface area contributed by atoms with E-state index < -0.39 is 33.7 Å². The molecular formula is C74H73N4OPt-3. The third kappa shape index (κ3) is 9.99. The fourth-order valence-corrected chi connectivity index (χ4v) is 10.7. The van der Waals surface area contributed by atoms with Gasteiger partial charge in [0, 0.05) is 72.5 Å². The van der Waals surface area contributed by atoms with Crippen LogP contribution in [-0.4, -0.2) is 9.55 Å². The Morgan fingerprint density at radius 2 is 1.18 bits per heavy atom. The molecule has 2 aromatic heterocycles. The summed E-state index contributed by atoms with van der Waals surface area (Å²) in [5.74, 6) is 0.968. The zero-order chi connectivity index (χ0) is 67.6. The van der Waals surface area contributed by atoms with Crippen molar-refractivity contribution in [3.05, 3.63) is 222 Å². The average molecular weight is 1240 g/mol. The normalized spacial score (nSPS) is 17.4. The first-order valence-corrected chi connectivity index (χ1v) is 27.1. The molecule has 0 spiro atoms. The van der Waals surface area contributed by atoms with Crippen LogP contribution in [0.3, 0.4) is 0 Å². The third-order valence-electron chi connectivity index (χ3n) is 15.6. The first kappa shape index (κ1) is 40.1. The Morgan fingerprint density at radius 3 is 1.89 bits per heavy atom. The summed E-state index contributed by atoms with van der Waals surface area (Å²) in [5.41, 5.74) is 3.77. The molecule has 0 saturated heterocycles. The average Bonchev–Trinajstić information content (AvgIpc) is 1.00. The molecule has 0 saturated carbocycles. The van der Waals surface area contributed by atoms with E-state index in [-0.39, 0.29) is 144 Å². The van der Waals surface area contributed by atoms with Crippen molar-refractivity contribution in [1.82, 2.24) is 9.55 Å². The topological polar surface area (TPSA) is 33.5 Å². The number of nitrogens with zero attached hydrogens (tertiary/aromatic N) is 4. The van der Waals surface area contributed by atoms with Crippen LogP contribution in [0.5, 0.6) is 11.5 Å². The van der Waals surface area contributed by atoms with E-state index in [1.807, 2.05) is 97.9 Å². The van der Waals surface area contributed by atoms with E-state index in [0.29, 0.717) is 72.7 Å². The van der Waals surface area contributed by atoms with Gasteiger partial charge in [0.15, 0.2) is 0 Å². The summed E-state index contributed by atoms with van der Waals surface area (Å²) >= 11 is 0. The Hall–Kier alpha value is -7.20. The molecule has 2 aliphatic rings. The number of hydrogen-bond acceptors (Lipinski definition) is 4. The van der Waals surface area contributed by atoms with Crippen molar-refractivity contribution >= 4 is 44.6 Å². The van der Waals surface area contributed by atoms with Crippen molar-refractivity contribution in [2.24, 2.45) is 0 Å². The quantitative estimate of drug-likeness (QED) is 0.142. The Kier molecular flexibility index (Phi) is 10.1. The number of hydrogen-bond donors (Lipinski definition) is 0. The molecule has 0 amide bonds. The number of para-hydroxylation sites is 3. The summed E-state index contributed by atoms with van der Waals surface area (Å²) in [6.07, 6.45) is 3.16. The van der Waals surface area contributed by atoms with E-state index in [0.717, 1.165) is 18.4 Å². The van der Waals surface area contributed by atoms with Gasteiger partial charge in [0.25, 0.3) is 0 Å². The van der Waals surface area contributed by atoms with Crippen molar-refractivity contribution in [3.63, 3.8) is 0 Å². The molecule has 1 aliphatic carbocycles. The number of pyridine rings is 1. The van der Waals surface area contributed by atoms with Gasteiger partial charge in [0.05, 0.1) is 19.2 Å². The smallest absolute Gasteiger partial charge is 0.135 e. The Morgan fingerprint density at radius 1 is 0.550 bits per heavy atom. The van der Waals surface area contributed by atoms with Gasteiger partial charge in [-0.2, -0.15) is 12.1 Å². The SMILES string of the molecule is [2H]c1cc(-c2c([2H])c([2H])c(C(C)(C)C)c([2H])c2[2H])c([2H])c([2H])c1-c1cc(C(C)(C)C)cc(-c2c([2H])c([2H])c3c(c2[2H])C(C)(C)CCC3(C)C)c1N1[CH-]N(c2[c-]c(Oc3[c-]c4c(cc3)c3c([2H])c([2H])c([2H])c([2H])c3n4-c3cc(C(C)(C)C)ccn3)ccc2)c2ccccc21.[Pt]. The van der Waals surface area contributed by atoms with Crippen molar-refractivity contribution in [2.75, 3.05) is 9.80 Å². The van der Waals surface area contributed by atoms with Crippen molar-refractivity contribution in [3.8, 4) is 50.7 Å². The number of fused-ring (bicyclic) bond motifs is 5. The van der Waals surface area contributed by atoms with Gasteiger partial charge in [-0.1, -0.05) is 192 Å². The predicted molar refractivity (Wildman–Crippen MR) is 332 cm³/mol. The molecule has 0 fully saturated rings. The van der Waals surface area contributed by atoms with Gasteiger partial charge in [-0.25, -0.2) is 4.98 Å². The van der Waals surface area contributed by atoms with Crippen molar-refractivity contribution < 1.29 is 45.0 Å². The summed E-state index contributed by atoms with van der Waals surface area (Å²) in [6.45, 7) is 27.8. The minimum absolute atomic E-state index is 0. The van der Waals surface area contributed by atoms with Gasteiger partial charge >= 0.3 is 0 Å². The molecule has 0 bridgehead atoms. The fourth-order valence-electron chi connectivity index (χ4n) is 10.7. The Bertz CT molecular complexity index is 4810. The number of ether oxygens (including phenoxy) is 1.